The average molecular weight is 1120 g/mol. The van der Waals surface area contributed by atoms with Gasteiger partial charge in [0, 0.05) is 49.2 Å². The van der Waals surface area contributed by atoms with Gasteiger partial charge in [-0.25, -0.2) is 0 Å². The van der Waals surface area contributed by atoms with Crippen LogP contribution >= 0.6 is 0 Å². The molecule has 402 valence electrons. The van der Waals surface area contributed by atoms with Crippen LogP contribution in [0.3, 0.4) is 0 Å². The van der Waals surface area contributed by atoms with Gasteiger partial charge < -0.3 is 9.13 Å². The lowest BCUT2D eigenvalue weighted by molar-refractivity contribution is 1.15. The van der Waals surface area contributed by atoms with E-state index in [0.717, 1.165) is 0 Å². The molecular weight excluding hydrogens is 1070 g/mol. The smallest absolute Gasteiger partial charge is 0.252 e. The van der Waals surface area contributed by atoms with Gasteiger partial charge in [-0.1, -0.05) is 243 Å². The van der Waals surface area contributed by atoms with Crippen molar-refractivity contribution in [3.8, 4) is 33.6 Å². The van der Waals surface area contributed by atoms with E-state index < -0.39 is 0 Å². The van der Waals surface area contributed by atoms with Crippen LogP contribution in [0, 0.1) is 0 Å². The summed E-state index contributed by atoms with van der Waals surface area (Å²) in [5.41, 5.74) is 16.6. The van der Waals surface area contributed by atoms with E-state index in [9.17, 15) is 0 Å². The van der Waals surface area contributed by atoms with Crippen molar-refractivity contribution in [2.75, 3.05) is 0 Å². The van der Waals surface area contributed by atoms with Crippen molar-refractivity contribution in [3.05, 3.63) is 273 Å². The molecule has 0 amide bonds. The molecule has 89 heavy (non-hydrogen) atoms. The first-order chi connectivity index (χ1) is 44.2. The zero-order valence-electron chi connectivity index (χ0n) is 48.0. The van der Waals surface area contributed by atoms with Gasteiger partial charge in [0.1, 0.15) is 0 Å². The molecule has 4 heterocycles. The molecular formula is C86H45BN2. The van der Waals surface area contributed by atoms with E-state index in [1.807, 2.05) is 0 Å². The third-order valence-electron chi connectivity index (χ3n) is 21.7. The fraction of sp³-hybridized carbons (Fsp3) is 0. The van der Waals surface area contributed by atoms with Crippen LogP contribution in [-0.2, 0) is 0 Å². The van der Waals surface area contributed by atoms with Gasteiger partial charge in [0.2, 0.25) is 0 Å². The van der Waals surface area contributed by atoms with E-state index in [-0.39, 0.29) is 6.71 Å². The molecule has 0 radical (unpaired) electrons. The lowest BCUT2D eigenvalue weighted by Crippen LogP contribution is -2.59. The Hall–Kier alpha value is -11.5. The summed E-state index contributed by atoms with van der Waals surface area (Å²) in [5, 5.41) is 36.2. The summed E-state index contributed by atoms with van der Waals surface area (Å²) in [6.45, 7) is -0.116. The van der Waals surface area contributed by atoms with E-state index in [1.54, 1.807) is 0 Å². The van der Waals surface area contributed by atoms with Gasteiger partial charge in [0.25, 0.3) is 6.71 Å². The molecule has 0 bridgehead atoms. The first-order valence-corrected chi connectivity index (χ1v) is 31.3. The number of hydrogen-bond donors (Lipinski definition) is 0. The highest BCUT2D eigenvalue weighted by atomic mass is 15.0. The molecule has 0 N–H and O–H groups in total. The van der Waals surface area contributed by atoms with E-state index in [1.165, 1.54) is 223 Å². The highest BCUT2D eigenvalue weighted by Gasteiger charge is 2.42. The van der Waals surface area contributed by atoms with Gasteiger partial charge in [0.05, 0.1) is 16.6 Å². The van der Waals surface area contributed by atoms with E-state index in [4.69, 9.17) is 0 Å². The number of benzene rings is 19. The highest BCUT2D eigenvalue weighted by molar-refractivity contribution is 7.00. The van der Waals surface area contributed by atoms with Crippen molar-refractivity contribution in [3.63, 3.8) is 0 Å². The topological polar surface area (TPSA) is 9.86 Å². The summed E-state index contributed by atoms with van der Waals surface area (Å²) in [5.74, 6) is 0. The van der Waals surface area contributed by atoms with Crippen LogP contribution in [-0.4, -0.2) is 15.8 Å². The Morgan fingerprint density at radius 1 is 0.213 bits per heavy atom. The van der Waals surface area contributed by atoms with Crippen LogP contribution < -0.4 is 16.4 Å². The Kier molecular flexibility index (Phi) is 8.19. The average Bonchev–Trinajstić information content (AvgIpc) is 1.57. The van der Waals surface area contributed by atoms with Crippen molar-refractivity contribution >= 4 is 196 Å². The minimum Gasteiger partial charge on any atom is -0.310 e. The summed E-state index contributed by atoms with van der Waals surface area (Å²) in [4.78, 5) is 0. The van der Waals surface area contributed by atoms with Crippen molar-refractivity contribution in [2.24, 2.45) is 0 Å². The second kappa shape index (κ2) is 15.9. The van der Waals surface area contributed by atoms with Crippen LogP contribution in [0.1, 0.15) is 0 Å². The Morgan fingerprint density at radius 3 is 1.26 bits per heavy atom. The number of rotatable bonds is 2. The van der Waals surface area contributed by atoms with Crippen molar-refractivity contribution in [1.82, 2.24) is 9.13 Å². The summed E-state index contributed by atoms with van der Waals surface area (Å²) in [7, 11) is 0. The van der Waals surface area contributed by atoms with Gasteiger partial charge in [-0.3, -0.25) is 0 Å². The third-order valence-corrected chi connectivity index (χ3v) is 21.7. The van der Waals surface area contributed by atoms with E-state index >= 15 is 0 Å². The molecule has 0 saturated heterocycles. The SMILES string of the molecule is c1cc2c3c(c1)-n1c4c(cc(-c5ccc6ccc7cccc8ccc5c6c78)cc4c4ccc5c6ccccc6c6ccccc6c5c41)B3c1cc3c4ccccc4c4ccccc4c3c3c4cc(-c5ccc6ccc7cccc8ccc5c6c78)ccc4n-2c13. The fourth-order valence-corrected chi connectivity index (χ4v) is 18.2. The zero-order chi connectivity index (χ0) is 57.2. The number of hydrogen-bond acceptors (Lipinski definition) is 0. The first-order valence-electron chi connectivity index (χ1n) is 31.3. The molecule has 19 aromatic carbocycles. The van der Waals surface area contributed by atoms with Gasteiger partial charge in [-0.05, 0) is 187 Å². The molecule has 0 spiro atoms. The summed E-state index contributed by atoms with van der Waals surface area (Å²) < 4.78 is 5.41. The normalized spacial score (nSPS) is 13.1. The summed E-state index contributed by atoms with van der Waals surface area (Å²) in [6.07, 6.45) is 0. The molecule has 0 atom stereocenters. The molecule has 0 unspecified atom stereocenters. The minimum absolute atomic E-state index is 0.116. The molecule has 0 aliphatic carbocycles. The van der Waals surface area contributed by atoms with Crippen LogP contribution in [0.25, 0.3) is 207 Å². The molecule has 2 nitrogen and oxygen atoms in total. The Morgan fingerprint density at radius 2 is 0.652 bits per heavy atom. The lowest BCUT2D eigenvalue weighted by Gasteiger charge is -2.34. The summed E-state index contributed by atoms with van der Waals surface area (Å²) in [6, 6.07) is 106. The standard InChI is InChI=1S/C86H45BN2/c1-3-20-60-56(16-1)59-19-6-8-23-63(59)81-66(60)39-40-67-69-43-53(55-36-31-51-29-27-47-13-10-15-49-33-38-65(55)79(51)77(47)49)44-71-84(69)89(85(67)81)75-25-11-24-74-83(75)87(71)72-45-68-61-21-4-2-17-57(61)58-18-5-7-22-62(58)80(68)82-70-42-52(34-41-73(70)88(74)86(72)82)54-35-30-50-28-26-46-12-9-14-48-32-37-64(54)78(50)76(46)48/h1-45H. The zero-order valence-corrected chi connectivity index (χ0v) is 48.0. The van der Waals surface area contributed by atoms with Crippen LogP contribution in [0.2, 0.25) is 0 Å². The van der Waals surface area contributed by atoms with Crippen LogP contribution in [0.4, 0.5) is 0 Å². The molecule has 2 aromatic heterocycles. The number of nitrogens with zero attached hydrogens (tertiary/aromatic N) is 2. The molecule has 21 aromatic rings. The van der Waals surface area contributed by atoms with Gasteiger partial charge in [-0.15, -0.1) is 0 Å². The molecule has 3 heteroatoms. The third kappa shape index (κ3) is 5.47. The van der Waals surface area contributed by atoms with Crippen LogP contribution in [0.15, 0.2) is 273 Å². The number of aromatic nitrogens is 2. The first kappa shape index (κ1) is 45.8. The Labute approximate surface area is 508 Å². The highest BCUT2D eigenvalue weighted by Crippen LogP contribution is 2.50. The maximum absolute atomic E-state index is 2.72. The minimum atomic E-state index is -0.116. The van der Waals surface area contributed by atoms with Crippen molar-refractivity contribution < 1.29 is 0 Å². The lowest BCUT2D eigenvalue weighted by atomic mass is 9.34. The fourth-order valence-electron chi connectivity index (χ4n) is 18.2. The largest absolute Gasteiger partial charge is 0.310 e. The van der Waals surface area contributed by atoms with Crippen LogP contribution in [0.5, 0.6) is 0 Å². The second-order valence-electron chi connectivity index (χ2n) is 25.6. The molecule has 2 aliphatic rings. The molecule has 0 saturated carbocycles. The Balaban J connectivity index is 0.909. The Bertz CT molecular complexity index is 6850. The van der Waals surface area contributed by atoms with Gasteiger partial charge in [-0.2, -0.15) is 0 Å². The van der Waals surface area contributed by atoms with Crippen molar-refractivity contribution in [2.45, 2.75) is 0 Å². The quantitative estimate of drug-likeness (QED) is 0.121. The summed E-state index contributed by atoms with van der Waals surface area (Å²) >= 11 is 0. The molecule has 23 rings (SSSR count). The van der Waals surface area contributed by atoms with Crippen molar-refractivity contribution in [1.29, 1.82) is 0 Å². The monoisotopic (exact) mass is 1120 g/mol. The molecule has 0 fully saturated rings. The predicted molar refractivity (Wildman–Crippen MR) is 383 cm³/mol. The van der Waals surface area contributed by atoms with Gasteiger partial charge >= 0.3 is 0 Å². The van der Waals surface area contributed by atoms with Gasteiger partial charge in [0.15, 0.2) is 0 Å². The predicted octanol–water partition coefficient (Wildman–Crippen LogP) is 21.1. The van der Waals surface area contributed by atoms with E-state index in [2.05, 4.69) is 282 Å². The second-order valence-corrected chi connectivity index (χ2v) is 25.6. The van der Waals surface area contributed by atoms with E-state index in [0.29, 0.717) is 0 Å². The molecule has 2 aliphatic heterocycles. The maximum atomic E-state index is 2.72. The maximum Gasteiger partial charge on any atom is 0.252 e. The number of fused-ring (bicyclic) bond motifs is 24.